The van der Waals surface area contributed by atoms with E-state index in [1.807, 2.05) is 0 Å². The lowest BCUT2D eigenvalue weighted by molar-refractivity contribution is -0.112. The molecule has 3 aromatic rings. The second-order valence-electron chi connectivity index (χ2n) is 7.73. The maximum atomic E-state index is 13.4. The summed E-state index contributed by atoms with van der Waals surface area (Å²) in [6.07, 6.45) is 1.70. The quantitative estimate of drug-likeness (QED) is 0.418. The molecule has 1 N–H and O–H groups in total. The summed E-state index contributed by atoms with van der Waals surface area (Å²) in [5.41, 5.74) is 1.66. The maximum Gasteiger partial charge on any atom is 0.262 e. The van der Waals surface area contributed by atoms with Gasteiger partial charge in [0.25, 0.3) is 5.91 Å². The van der Waals surface area contributed by atoms with Gasteiger partial charge in [-0.15, -0.1) is 0 Å². The monoisotopic (exact) mass is 527 g/mol. The van der Waals surface area contributed by atoms with Crippen molar-refractivity contribution in [2.45, 2.75) is 15.5 Å². The molecule has 0 saturated heterocycles. The minimum atomic E-state index is -3.76. The van der Waals surface area contributed by atoms with Crippen molar-refractivity contribution in [3.8, 4) is 23.0 Å². The Labute approximate surface area is 214 Å². The Morgan fingerprint density at radius 3 is 2.19 bits per heavy atom. The zero-order valence-corrected chi connectivity index (χ0v) is 21.8. The van der Waals surface area contributed by atoms with Crippen LogP contribution in [0.15, 0.2) is 69.3 Å². The molecule has 8 nitrogen and oxygen atoms in total. The van der Waals surface area contributed by atoms with Crippen molar-refractivity contribution in [2.24, 2.45) is 0 Å². The number of ether oxygens (including phenoxy) is 4. The maximum absolute atomic E-state index is 13.4. The summed E-state index contributed by atoms with van der Waals surface area (Å²) < 4.78 is 48.1. The molecule has 0 aliphatic carbocycles. The number of rotatable bonds is 8. The van der Waals surface area contributed by atoms with E-state index in [1.165, 1.54) is 39.2 Å². The fourth-order valence-corrected chi connectivity index (χ4v) is 6.21. The van der Waals surface area contributed by atoms with Crippen molar-refractivity contribution in [3.63, 3.8) is 0 Å². The largest absolute Gasteiger partial charge is 0.497 e. The van der Waals surface area contributed by atoms with Crippen LogP contribution in [0.3, 0.4) is 0 Å². The molecular weight excluding hydrogens is 502 g/mol. The van der Waals surface area contributed by atoms with Gasteiger partial charge < -0.3 is 24.3 Å². The highest BCUT2D eigenvalue weighted by atomic mass is 32.2. The number of sulfone groups is 1. The molecule has 0 unspecified atom stereocenters. The van der Waals surface area contributed by atoms with Crippen molar-refractivity contribution in [3.05, 3.63) is 70.6 Å². The third-order valence-electron chi connectivity index (χ3n) is 5.60. The number of fused-ring (bicyclic) bond motifs is 1. The second kappa shape index (κ2) is 10.5. The smallest absolute Gasteiger partial charge is 0.262 e. The number of carbonyl (C=O) groups excluding carboxylic acids is 1. The molecule has 36 heavy (non-hydrogen) atoms. The first-order valence-corrected chi connectivity index (χ1v) is 13.3. The minimum Gasteiger partial charge on any atom is -0.497 e. The number of hydrogen-bond donors (Lipinski definition) is 1. The molecule has 3 aromatic carbocycles. The van der Waals surface area contributed by atoms with Crippen molar-refractivity contribution in [2.75, 3.05) is 33.8 Å². The van der Waals surface area contributed by atoms with Crippen LogP contribution in [0.5, 0.6) is 23.0 Å². The molecular formula is C26H25NO7S2. The SMILES string of the molecule is COc1ccc(/C=C2/Sc3cc(S(=O)(=O)Cc4c(OC)cccc4OC)ccc3NC2=O)c(OC)c1. The predicted molar refractivity (Wildman–Crippen MR) is 139 cm³/mol. The number of amides is 1. The van der Waals surface area contributed by atoms with Crippen molar-refractivity contribution < 1.29 is 32.2 Å². The lowest BCUT2D eigenvalue weighted by Crippen LogP contribution is -2.18. The number of nitrogens with one attached hydrogen (secondary N) is 1. The molecule has 0 aromatic heterocycles. The van der Waals surface area contributed by atoms with Crippen LogP contribution < -0.4 is 24.3 Å². The Balaban J connectivity index is 1.67. The van der Waals surface area contributed by atoms with E-state index in [1.54, 1.807) is 61.7 Å². The van der Waals surface area contributed by atoms with Crippen molar-refractivity contribution in [1.29, 1.82) is 0 Å². The summed E-state index contributed by atoms with van der Waals surface area (Å²) in [7, 11) is 2.30. The minimum absolute atomic E-state index is 0.124. The van der Waals surface area contributed by atoms with E-state index in [0.29, 0.717) is 49.6 Å². The highest BCUT2D eigenvalue weighted by Crippen LogP contribution is 2.42. The third-order valence-corrected chi connectivity index (χ3v) is 8.32. The van der Waals surface area contributed by atoms with Crippen LogP contribution in [0, 0.1) is 0 Å². The molecule has 1 aliphatic heterocycles. The molecule has 1 amide bonds. The molecule has 0 spiro atoms. The summed E-state index contributed by atoms with van der Waals surface area (Å²) in [5.74, 6) is 1.43. The van der Waals surface area contributed by atoms with Gasteiger partial charge in [0.1, 0.15) is 23.0 Å². The van der Waals surface area contributed by atoms with Gasteiger partial charge in [0.05, 0.1) is 55.2 Å². The number of thioether (sulfide) groups is 1. The highest BCUT2D eigenvalue weighted by molar-refractivity contribution is 8.04. The molecule has 0 bridgehead atoms. The van der Waals surface area contributed by atoms with Gasteiger partial charge in [-0.05, 0) is 48.5 Å². The molecule has 4 rings (SSSR count). The molecule has 0 saturated carbocycles. The Morgan fingerprint density at radius 1 is 0.861 bits per heavy atom. The number of methoxy groups -OCH3 is 4. The van der Waals surface area contributed by atoms with Gasteiger partial charge in [0, 0.05) is 16.5 Å². The van der Waals surface area contributed by atoms with E-state index in [2.05, 4.69) is 5.32 Å². The molecule has 10 heteroatoms. The topological polar surface area (TPSA) is 100 Å². The van der Waals surface area contributed by atoms with Gasteiger partial charge in [-0.1, -0.05) is 17.8 Å². The van der Waals surface area contributed by atoms with Gasteiger partial charge in [0.2, 0.25) is 0 Å². The lowest BCUT2D eigenvalue weighted by Gasteiger charge is -2.20. The number of benzene rings is 3. The van der Waals surface area contributed by atoms with E-state index in [4.69, 9.17) is 18.9 Å². The molecule has 188 valence electrons. The Bertz CT molecular complexity index is 1430. The van der Waals surface area contributed by atoms with Gasteiger partial charge in [0.15, 0.2) is 9.84 Å². The fourth-order valence-electron chi connectivity index (χ4n) is 3.75. The summed E-state index contributed by atoms with van der Waals surface area (Å²) in [5, 5.41) is 2.83. The lowest BCUT2D eigenvalue weighted by atomic mass is 10.1. The molecule has 1 aliphatic rings. The number of anilines is 1. The second-order valence-corrected chi connectivity index (χ2v) is 10.8. The Morgan fingerprint density at radius 2 is 1.56 bits per heavy atom. The standard InChI is InChI=1S/C26H25NO7S2/c1-31-17-9-8-16(23(13-17)34-4)12-25-26(28)27-20-11-10-18(14-24(20)35-25)36(29,30)15-19-21(32-2)6-5-7-22(19)33-3/h5-14H,15H2,1-4H3,(H,27,28)/b25-12+. The zero-order valence-electron chi connectivity index (χ0n) is 20.2. The van der Waals surface area contributed by atoms with Crippen LogP contribution in [0.1, 0.15) is 11.1 Å². The normalized spacial score (nSPS) is 14.1. The van der Waals surface area contributed by atoms with Gasteiger partial charge in [-0.2, -0.15) is 0 Å². The average molecular weight is 528 g/mol. The molecule has 0 fully saturated rings. The van der Waals surface area contributed by atoms with Crippen LogP contribution >= 0.6 is 11.8 Å². The van der Waals surface area contributed by atoms with Gasteiger partial charge in [-0.25, -0.2) is 8.42 Å². The van der Waals surface area contributed by atoms with Gasteiger partial charge in [-0.3, -0.25) is 4.79 Å². The van der Waals surface area contributed by atoms with E-state index >= 15 is 0 Å². The Kier molecular flexibility index (Phi) is 7.46. The van der Waals surface area contributed by atoms with Crippen LogP contribution in [-0.4, -0.2) is 42.8 Å². The first-order valence-electron chi connectivity index (χ1n) is 10.8. The summed E-state index contributed by atoms with van der Waals surface area (Å²) >= 11 is 1.19. The summed E-state index contributed by atoms with van der Waals surface area (Å²) in [6.45, 7) is 0. The van der Waals surface area contributed by atoms with E-state index in [0.717, 1.165) is 0 Å². The summed E-state index contributed by atoms with van der Waals surface area (Å²) in [6, 6.07) is 15.0. The molecule has 0 atom stereocenters. The molecule has 1 heterocycles. The van der Waals surface area contributed by atoms with E-state index in [-0.39, 0.29) is 16.6 Å². The summed E-state index contributed by atoms with van der Waals surface area (Å²) in [4.78, 5) is 13.9. The van der Waals surface area contributed by atoms with Crippen LogP contribution in [0.4, 0.5) is 5.69 Å². The van der Waals surface area contributed by atoms with E-state index in [9.17, 15) is 13.2 Å². The van der Waals surface area contributed by atoms with Crippen molar-refractivity contribution in [1.82, 2.24) is 0 Å². The van der Waals surface area contributed by atoms with Crippen LogP contribution in [0.25, 0.3) is 6.08 Å². The van der Waals surface area contributed by atoms with E-state index < -0.39 is 9.84 Å². The average Bonchev–Trinajstić information content (AvgIpc) is 2.88. The van der Waals surface area contributed by atoms with Crippen molar-refractivity contribution >= 4 is 39.3 Å². The highest BCUT2D eigenvalue weighted by Gasteiger charge is 2.26. The van der Waals surface area contributed by atoms with Crippen LogP contribution in [-0.2, 0) is 20.4 Å². The third kappa shape index (κ3) is 5.14. The fraction of sp³-hybridized carbons (Fsp3) is 0.192. The first-order chi connectivity index (χ1) is 17.3. The van der Waals surface area contributed by atoms with Crippen LogP contribution in [0.2, 0.25) is 0 Å². The number of carbonyl (C=O) groups is 1. The first kappa shape index (κ1) is 25.5. The predicted octanol–water partition coefficient (Wildman–Crippen LogP) is 4.78. The number of hydrogen-bond acceptors (Lipinski definition) is 8. The molecule has 0 radical (unpaired) electrons. The van der Waals surface area contributed by atoms with Gasteiger partial charge >= 0.3 is 0 Å². The Hall–Kier alpha value is -3.63. The zero-order chi connectivity index (χ0) is 25.9.